The number of hydrogen-bond acceptors (Lipinski definition) is 3. The molecule has 1 N–H and O–H groups in total. The molecule has 1 amide bonds. The smallest absolute Gasteiger partial charge is 0.244 e. The van der Waals surface area contributed by atoms with E-state index in [0.717, 1.165) is 26.1 Å². The molecule has 80 valence electrons. The van der Waals surface area contributed by atoms with E-state index in [4.69, 9.17) is 4.74 Å². The third kappa shape index (κ3) is 3.47. The molecule has 0 saturated carbocycles. The van der Waals surface area contributed by atoms with Gasteiger partial charge in [0.05, 0.1) is 19.4 Å². The van der Waals surface area contributed by atoms with Crippen LogP contribution < -0.4 is 5.32 Å². The average Bonchev–Trinajstić information content (AvgIpc) is 2.26. The van der Waals surface area contributed by atoms with E-state index in [1.54, 1.807) is 0 Å². The van der Waals surface area contributed by atoms with Gasteiger partial charge in [-0.05, 0) is 12.5 Å². The van der Waals surface area contributed by atoms with E-state index in [1.807, 2.05) is 0 Å². The zero-order chi connectivity index (χ0) is 10.4. The maximum Gasteiger partial charge on any atom is 0.244 e. The lowest BCUT2D eigenvalue weighted by atomic mass is 10.2. The van der Waals surface area contributed by atoms with Crippen molar-refractivity contribution in [1.29, 1.82) is 0 Å². The van der Waals surface area contributed by atoms with Crippen molar-refractivity contribution < 1.29 is 9.53 Å². The molecule has 1 aliphatic heterocycles. The van der Waals surface area contributed by atoms with Gasteiger partial charge in [0.25, 0.3) is 0 Å². The van der Waals surface area contributed by atoms with E-state index < -0.39 is 0 Å². The molecule has 0 aromatic heterocycles. The van der Waals surface area contributed by atoms with Gasteiger partial charge in [0.2, 0.25) is 5.91 Å². The largest absolute Gasteiger partial charge is 0.376 e. The first-order valence-electron chi connectivity index (χ1n) is 5.00. The minimum absolute atomic E-state index is 0.121. The van der Waals surface area contributed by atoms with E-state index in [2.05, 4.69) is 23.7 Å². The fourth-order valence-electron chi connectivity index (χ4n) is 1.43. The van der Waals surface area contributed by atoms with Gasteiger partial charge in [0.1, 0.15) is 0 Å². The Kier molecular flexibility index (Phi) is 4.62. The summed E-state index contributed by atoms with van der Waals surface area (Å²) >= 11 is 0. The summed E-state index contributed by atoms with van der Waals surface area (Å²) in [4.78, 5) is 13.1. The van der Waals surface area contributed by atoms with Gasteiger partial charge < -0.3 is 10.1 Å². The van der Waals surface area contributed by atoms with Gasteiger partial charge in [0.15, 0.2) is 0 Å². The normalized spacial score (nSPS) is 23.1. The highest BCUT2D eigenvalue weighted by atomic mass is 16.5. The van der Waals surface area contributed by atoms with Crippen LogP contribution in [-0.2, 0) is 9.53 Å². The number of ether oxygens (including phenoxy) is 1. The Hall–Kier alpha value is -0.870. The topological polar surface area (TPSA) is 41.6 Å². The minimum Gasteiger partial charge on any atom is -0.376 e. The van der Waals surface area contributed by atoms with Gasteiger partial charge in [-0.25, -0.2) is 0 Å². The Morgan fingerprint density at radius 2 is 2.57 bits per heavy atom. The highest BCUT2D eigenvalue weighted by molar-refractivity contribution is 5.86. The summed E-state index contributed by atoms with van der Waals surface area (Å²) in [5.74, 6) is -0.121. The number of amides is 1. The van der Waals surface area contributed by atoms with Gasteiger partial charge >= 0.3 is 0 Å². The fraction of sp³-hybridized carbons (Fsp3) is 0.700. The lowest BCUT2D eigenvalue weighted by Crippen LogP contribution is -2.47. The summed E-state index contributed by atoms with van der Waals surface area (Å²) in [5, 5.41) is 2.76. The molecule has 1 saturated heterocycles. The maximum absolute atomic E-state index is 10.9. The molecular weight excluding hydrogens is 180 g/mol. The summed E-state index contributed by atoms with van der Waals surface area (Å²) in [7, 11) is 0. The van der Waals surface area contributed by atoms with E-state index in [-0.39, 0.29) is 5.91 Å². The molecule has 0 aromatic carbocycles. The van der Waals surface area contributed by atoms with Crippen LogP contribution in [0.2, 0.25) is 0 Å². The molecule has 4 nitrogen and oxygen atoms in total. The quantitative estimate of drug-likeness (QED) is 0.663. The SMILES string of the molecule is C=CC(=O)NCN1CCOC(CC)C1. The van der Waals surface area contributed by atoms with E-state index in [9.17, 15) is 4.79 Å². The number of carbonyl (C=O) groups is 1. The molecular formula is C10H18N2O2. The van der Waals surface area contributed by atoms with Crippen LogP contribution in [0.5, 0.6) is 0 Å². The van der Waals surface area contributed by atoms with Crippen LogP contribution in [0.15, 0.2) is 12.7 Å². The van der Waals surface area contributed by atoms with Crippen LogP contribution >= 0.6 is 0 Å². The highest BCUT2D eigenvalue weighted by Gasteiger charge is 2.18. The summed E-state index contributed by atoms with van der Waals surface area (Å²) in [6.07, 6.45) is 2.62. The Labute approximate surface area is 84.9 Å². The van der Waals surface area contributed by atoms with Crippen molar-refractivity contribution in [2.45, 2.75) is 19.4 Å². The second-order valence-electron chi connectivity index (χ2n) is 3.38. The molecule has 14 heavy (non-hydrogen) atoms. The predicted octanol–water partition coefficient (Wildman–Crippen LogP) is 0.357. The van der Waals surface area contributed by atoms with Gasteiger partial charge in [-0.1, -0.05) is 13.5 Å². The number of morpholine rings is 1. The van der Waals surface area contributed by atoms with E-state index in [1.165, 1.54) is 6.08 Å². The number of rotatable bonds is 4. The van der Waals surface area contributed by atoms with Gasteiger partial charge in [-0.2, -0.15) is 0 Å². The van der Waals surface area contributed by atoms with Crippen LogP contribution in [-0.4, -0.2) is 43.3 Å². The molecule has 0 aliphatic carbocycles. The molecule has 0 bridgehead atoms. The van der Waals surface area contributed by atoms with Crippen LogP contribution in [0, 0.1) is 0 Å². The Morgan fingerprint density at radius 3 is 3.21 bits per heavy atom. The van der Waals surface area contributed by atoms with Crippen molar-refractivity contribution in [2.75, 3.05) is 26.4 Å². The lowest BCUT2D eigenvalue weighted by Gasteiger charge is -2.32. The predicted molar refractivity (Wildman–Crippen MR) is 54.8 cm³/mol. The van der Waals surface area contributed by atoms with Crippen molar-refractivity contribution in [3.8, 4) is 0 Å². The monoisotopic (exact) mass is 198 g/mol. The zero-order valence-corrected chi connectivity index (χ0v) is 8.66. The Balaban J connectivity index is 2.23. The fourth-order valence-corrected chi connectivity index (χ4v) is 1.43. The maximum atomic E-state index is 10.9. The second kappa shape index (κ2) is 5.78. The summed E-state index contributed by atoms with van der Waals surface area (Å²) in [5.41, 5.74) is 0. The number of nitrogens with zero attached hydrogens (tertiary/aromatic N) is 1. The van der Waals surface area contributed by atoms with Crippen LogP contribution in [0.3, 0.4) is 0 Å². The van der Waals surface area contributed by atoms with E-state index >= 15 is 0 Å². The average molecular weight is 198 g/mol. The first-order valence-corrected chi connectivity index (χ1v) is 5.00. The first kappa shape index (κ1) is 11.2. The Bertz CT molecular complexity index is 206. The lowest BCUT2D eigenvalue weighted by molar-refractivity contribution is -0.117. The summed E-state index contributed by atoms with van der Waals surface area (Å²) in [6, 6.07) is 0. The minimum atomic E-state index is -0.121. The van der Waals surface area contributed by atoms with Crippen molar-refractivity contribution in [3.63, 3.8) is 0 Å². The molecule has 0 radical (unpaired) electrons. The Morgan fingerprint density at radius 1 is 1.79 bits per heavy atom. The summed E-state index contributed by atoms with van der Waals surface area (Å²) < 4.78 is 5.52. The second-order valence-corrected chi connectivity index (χ2v) is 3.38. The zero-order valence-electron chi connectivity index (χ0n) is 8.66. The molecule has 1 atom stereocenters. The number of hydrogen-bond donors (Lipinski definition) is 1. The molecule has 4 heteroatoms. The third-order valence-corrected chi connectivity index (χ3v) is 2.34. The van der Waals surface area contributed by atoms with Crippen molar-refractivity contribution in [2.24, 2.45) is 0 Å². The van der Waals surface area contributed by atoms with Crippen molar-refractivity contribution >= 4 is 5.91 Å². The highest BCUT2D eigenvalue weighted by Crippen LogP contribution is 2.06. The summed E-state index contributed by atoms with van der Waals surface area (Å²) in [6.45, 7) is 8.63. The van der Waals surface area contributed by atoms with Crippen molar-refractivity contribution in [1.82, 2.24) is 10.2 Å². The third-order valence-electron chi connectivity index (χ3n) is 2.34. The molecule has 1 heterocycles. The van der Waals surface area contributed by atoms with Crippen LogP contribution in [0.1, 0.15) is 13.3 Å². The van der Waals surface area contributed by atoms with Crippen LogP contribution in [0.25, 0.3) is 0 Å². The van der Waals surface area contributed by atoms with Crippen molar-refractivity contribution in [3.05, 3.63) is 12.7 Å². The van der Waals surface area contributed by atoms with Crippen LogP contribution in [0.4, 0.5) is 0 Å². The first-order chi connectivity index (χ1) is 6.76. The molecule has 1 rings (SSSR count). The molecule has 1 unspecified atom stereocenters. The standard InChI is InChI=1S/C10H18N2O2/c1-3-9-7-12(5-6-14-9)8-11-10(13)4-2/h4,9H,2-3,5-8H2,1H3,(H,11,13). The molecule has 0 aromatic rings. The van der Waals surface area contributed by atoms with Gasteiger partial charge in [-0.15, -0.1) is 0 Å². The van der Waals surface area contributed by atoms with Gasteiger partial charge in [0, 0.05) is 13.1 Å². The molecule has 1 aliphatic rings. The number of nitrogens with one attached hydrogen (secondary N) is 1. The molecule has 1 fully saturated rings. The molecule has 0 spiro atoms. The number of carbonyl (C=O) groups excluding carboxylic acids is 1. The van der Waals surface area contributed by atoms with Gasteiger partial charge in [-0.3, -0.25) is 9.69 Å². The van der Waals surface area contributed by atoms with E-state index in [0.29, 0.717) is 12.8 Å².